The number of ether oxygens (including phenoxy) is 1. The average molecular weight is 405 g/mol. The van der Waals surface area contributed by atoms with Crippen LogP contribution in [0.4, 0.5) is 9.18 Å². The van der Waals surface area contributed by atoms with Crippen molar-refractivity contribution in [3.05, 3.63) is 47.4 Å². The SMILES string of the molecule is COCC(=O)N[C@@H]1CN(C(=O)NCc2ccc(F)cc2)CC[C@@H]1c1nc(C)no1. The van der Waals surface area contributed by atoms with E-state index in [1.807, 2.05) is 0 Å². The summed E-state index contributed by atoms with van der Waals surface area (Å²) < 4.78 is 23.2. The van der Waals surface area contributed by atoms with Crippen LogP contribution >= 0.6 is 0 Å². The number of hydrogen-bond donors (Lipinski definition) is 2. The number of piperidine rings is 1. The quantitative estimate of drug-likeness (QED) is 0.751. The number of benzene rings is 1. The molecule has 0 saturated carbocycles. The van der Waals surface area contributed by atoms with Gasteiger partial charge in [-0.2, -0.15) is 4.98 Å². The van der Waals surface area contributed by atoms with Crippen LogP contribution in [0.1, 0.15) is 29.6 Å². The Morgan fingerprint density at radius 3 is 2.76 bits per heavy atom. The number of likely N-dealkylation sites (tertiary alicyclic amines) is 1. The third-order valence-electron chi connectivity index (χ3n) is 4.74. The molecule has 1 aromatic carbocycles. The fourth-order valence-corrected chi connectivity index (χ4v) is 3.31. The van der Waals surface area contributed by atoms with Gasteiger partial charge in [-0.1, -0.05) is 17.3 Å². The molecule has 1 aromatic heterocycles. The zero-order valence-electron chi connectivity index (χ0n) is 16.4. The molecule has 1 aliphatic rings. The summed E-state index contributed by atoms with van der Waals surface area (Å²) >= 11 is 0. The van der Waals surface area contributed by atoms with Crippen molar-refractivity contribution >= 4 is 11.9 Å². The van der Waals surface area contributed by atoms with Crippen LogP contribution in [0.15, 0.2) is 28.8 Å². The Hall–Kier alpha value is -3.01. The third-order valence-corrected chi connectivity index (χ3v) is 4.74. The average Bonchev–Trinajstić information content (AvgIpc) is 3.13. The first kappa shape index (κ1) is 20.7. The first-order chi connectivity index (χ1) is 14.0. The Kier molecular flexibility index (Phi) is 6.76. The number of nitrogens with zero attached hydrogens (tertiary/aromatic N) is 3. The molecule has 0 aliphatic carbocycles. The number of rotatable bonds is 6. The highest BCUT2D eigenvalue weighted by Crippen LogP contribution is 2.27. The second-order valence-electron chi connectivity index (χ2n) is 6.91. The minimum Gasteiger partial charge on any atom is -0.375 e. The summed E-state index contributed by atoms with van der Waals surface area (Å²) in [5.41, 5.74) is 0.793. The number of urea groups is 1. The van der Waals surface area contributed by atoms with E-state index in [9.17, 15) is 14.0 Å². The molecule has 0 spiro atoms. The summed E-state index contributed by atoms with van der Waals surface area (Å²) in [5.74, 6) is 0.150. The van der Waals surface area contributed by atoms with Crippen LogP contribution in [0.5, 0.6) is 0 Å². The second-order valence-corrected chi connectivity index (χ2v) is 6.91. The molecular weight excluding hydrogens is 381 g/mol. The number of hydrogen-bond acceptors (Lipinski definition) is 6. The maximum atomic E-state index is 13.0. The molecule has 2 heterocycles. The summed E-state index contributed by atoms with van der Waals surface area (Å²) in [6, 6.07) is 5.28. The van der Waals surface area contributed by atoms with Gasteiger partial charge in [-0.15, -0.1) is 0 Å². The van der Waals surface area contributed by atoms with Crippen molar-refractivity contribution in [3.8, 4) is 0 Å². The standard InChI is InChI=1S/C19H24FN5O4/c1-12-22-18(29-24-12)15-7-8-25(10-16(15)23-17(26)11-28-2)19(27)21-9-13-3-5-14(20)6-4-13/h3-6,15-16H,7-11H2,1-2H3,(H,21,27)(H,23,26)/t15-,16+/m0/s1. The summed E-state index contributed by atoms with van der Waals surface area (Å²) in [4.78, 5) is 30.6. The molecule has 2 N–H and O–H groups in total. The lowest BCUT2D eigenvalue weighted by atomic mass is 9.91. The number of methoxy groups -OCH3 is 1. The first-order valence-corrected chi connectivity index (χ1v) is 9.32. The van der Waals surface area contributed by atoms with E-state index in [-0.39, 0.29) is 49.4 Å². The van der Waals surface area contributed by atoms with Gasteiger partial charge in [-0.05, 0) is 31.0 Å². The van der Waals surface area contributed by atoms with Gasteiger partial charge < -0.3 is 24.8 Å². The Labute approximate surface area is 167 Å². The number of aryl methyl sites for hydroxylation is 1. The van der Waals surface area contributed by atoms with E-state index in [1.54, 1.807) is 24.0 Å². The van der Waals surface area contributed by atoms with E-state index in [1.165, 1.54) is 19.2 Å². The number of amides is 3. The zero-order valence-corrected chi connectivity index (χ0v) is 16.4. The molecule has 3 amide bonds. The van der Waals surface area contributed by atoms with Crippen LogP contribution in [-0.4, -0.2) is 59.8 Å². The van der Waals surface area contributed by atoms with Crippen LogP contribution in [0.3, 0.4) is 0 Å². The minimum absolute atomic E-state index is 0.0805. The van der Waals surface area contributed by atoms with Crippen molar-refractivity contribution in [2.24, 2.45) is 0 Å². The highest BCUT2D eigenvalue weighted by Gasteiger charge is 2.36. The Morgan fingerprint density at radius 1 is 1.34 bits per heavy atom. The first-order valence-electron chi connectivity index (χ1n) is 9.32. The summed E-state index contributed by atoms with van der Waals surface area (Å²) in [6.07, 6.45) is 0.559. The Balaban J connectivity index is 1.64. The zero-order chi connectivity index (χ0) is 20.8. The monoisotopic (exact) mass is 405 g/mol. The van der Waals surface area contributed by atoms with E-state index in [4.69, 9.17) is 9.26 Å². The fourth-order valence-electron chi connectivity index (χ4n) is 3.31. The fraction of sp³-hybridized carbons (Fsp3) is 0.474. The summed E-state index contributed by atoms with van der Waals surface area (Å²) in [7, 11) is 1.44. The third kappa shape index (κ3) is 5.50. The van der Waals surface area contributed by atoms with Crippen LogP contribution < -0.4 is 10.6 Å². The van der Waals surface area contributed by atoms with E-state index in [2.05, 4.69) is 20.8 Å². The molecule has 0 radical (unpaired) electrons. The maximum Gasteiger partial charge on any atom is 0.317 e. The van der Waals surface area contributed by atoms with Gasteiger partial charge in [-0.3, -0.25) is 4.79 Å². The molecule has 0 bridgehead atoms. The van der Waals surface area contributed by atoms with Crippen molar-refractivity contribution in [1.82, 2.24) is 25.7 Å². The predicted molar refractivity (Wildman–Crippen MR) is 100 cm³/mol. The van der Waals surface area contributed by atoms with Gasteiger partial charge in [0.1, 0.15) is 12.4 Å². The number of halogens is 1. The smallest absolute Gasteiger partial charge is 0.317 e. The second kappa shape index (κ2) is 9.46. The molecule has 156 valence electrons. The molecule has 1 saturated heterocycles. The summed E-state index contributed by atoms with van der Waals surface area (Å²) in [5, 5.41) is 9.53. The van der Waals surface area contributed by atoms with Crippen LogP contribution in [0.25, 0.3) is 0 Å². The largest absolute Gasteiger partial charge is 0.375 e. The van der Waals surface area contributed by atoms with Gasteiger partial charge in [0.15, 0.2) is 5.82 Å². The molecule has 3 rings (SSSR count). The van der Waals surface area contributed by atoms with E-state index in [0.717, 1.165) is 5.56 Å². The summed E-state index contributed by atoms with van der Waals surface area (Å²) in [6.45, 7) is 2.68. The minimum atomic E-state index is -0.386. The van der Waals surface area contributed by atoms with E-state index in [0.29, 0.717) is 24.7 Å². The topological polar surface area (TPSA) is 110 Å². The van der Waals surface area contributed by atoms with Gasteiger partial charge >= 0.3 is 6.03 Å². The van der Waals surface area contributed by atoms with Crippen LogP contribution in [0.2, 0.25) is 0 Å². The Bertz CT molecular complexity index is 841. The van der Waals surface area contributed by atoms with Crippen molar-refractivity contribution in [2.45, 2.75) is 31.8 Å². The van der Waals surface area contributed by atoms with Crippen molar-refractivity contribution in [2.75, 3.05) is 26.8 Å². The molecule has 10 heteroatoms. The number of aromatic nitrogens is 2. The molecule has 1 aliphatic heterocycles. The van der Waals surface area contributed by atoms with Gasteiger partial charge in [0.25, 0.3) is 0 Å². The highest BCUT2D eigenvalue weighted by molar-refractivity contribution is 5.78. The molecule has 1 fully saturated rings. The van der Waals surface area contributed by atoms with Gasteiger partial charge in [0, 0.05) is 26.7 Å². The van der Waals surface area contributed by atoms with E-state index < -0.39 is 0 Å². The molecule has 29 heavy (non-hydrogen) atoms. The number of carbonyl (C=O) groups is 2. The predicted octanol–water partition coefficient (Wildman–Crippen LogP) is 1.35. The van der Waals surface area contributed by atoms with Crippen molar-refractivity contribution < 1.29 is 23.2 Å². The number of carbonyl (C=O) groups excluding carboxylic acids is 2. The molecule has 2 aromatic rings. The van der Waals surface area contributed by atoms with E-state index >= 15 is 0 Å². The highest BCUT2D eigenvalue weighted by atomic mass is 19.1. The molecular formula is C19H24FN5O4. The lowest BCUT2D eigenvalue weighted by Crippen LogP contribution is -2.55. The maximum absolute atomic E-state index is 13.0. The lowest BCUT2D eigenvalue weighted by Gasteiger charge is -2.37. The van der Waals surface area contributed by atoms with Crippen molar-refractivity contribution in [3.63, 3.8) is 0 Å². The van der Waals surface area contributed by atoms with Gasteiger partial charge in [0.2, 0.25) is 11.8 Å². The van der Waals surface area contributed by atoms with Gasteiger partial charge in [0.05, 0.1) is 12.0 Å². The Morgan fingerprint density at radius 2 is 2.10 bits per heavy atom. The van der Waals surface area contributed by atoms with Crippen LogP contribution in [0, 0.1) is 12.7 Å². The molecule has 9 nitrogen and oxygen atoms in total. The van der Waals surface area contributed by atoms with Gasteiger partial charge in [-0.25, -0.2) is 9.18 Å². The van der Waals surface area contributed by atoms with Crippen molar-refractivity contribution in [1.29, 1.82) is 0 Å². The molecule has 0 unspecified atom stereocenters. The number of nitrogens with one attached hydrogen (secondary N) is 2. The normalized spacial score (nSPS) is 19.1. The lowest BCUT2D eigenvalue weighted by molar-refractivity contribution is -0.126. The molecule has 2 atom stereocenters. The van der Waals surface area contributed by atoms with Crippen LogP contribution in [-0.2, 0) is 16.1 Å².